The van der Waals surface area contributed by atoms with Crippen molar-refractivity contribution in [2.24, 2.45) is 0 Å². The molecule has 2 aromatic carbocycles. The first-order valence-electron chi connectivity index (χ1n) is 10.6. The van der Waals surface area contributed by atoms with Crippen molar-refractivity contribution >= 4 is 23.4 Å². The van der Waals surface area contributed by atoms with Crippen LogP contribution in [-0.2, 0) is 22.7 Å². The second-order valence-corrected chi connectivity index (χ2v) is 8.36. The molecule has 0 radical (unpaired) electrons. The standard InChI is InChI=1S/C25H24ClFN2O3/c26-24(19-5-2-1-3-6-19)25(31)29(21-12-13-21)17-23(30)28(16-22-7-4-14-32-22)15-18-8-10-20(27)11-9-18/h1-11,14,21,24H,12-13,15-17H2. The molecular formula is C25H24ClFN2O3. The first-order chi connectivity index (χ1) is 15.5. The van der Waals surface area contributed by atoms with Gasteiger partial charge in [-0.15, -0.1) is 11.6 Å². The third-order valence-electron chi connectivity index (χ3n) is 5.45. The highest BCUT2D eigenvalue weighted by atomic mass is 35.5. The number of nitrogens with zero attached hydrogens (tertiary/aromatic N) is 2. The van der Waals surface area contributed by atoms with Gasteiger partial charge in [0.25, 0.3) is 0 Å². The zero-order chi connectivity index (χ0) is 22.5. The van der Waals surface area contributed by atoms with E-state index in [-0.39, 0.29) is 43.3 Å². The summed E-state index contributed by atoms with van der Waals surface area (Å²) in [5.74, 6) is -0.196. The lowest BCUT2D eigenvalue weighted by Gasteiger charge is -2.28. The van der Waals surface area contributed by atoms with Crippen LogP contribution in [0.3, 0.4) is 0 Å². The van der Waals surface area contributed by atoms with Gasteiger partial charge in [0.2, 0.25) is 11.8 Å². The Morgan fingerprint density at radius 2 is 1.72 bits per heavy atom. The van der Waals surface area contributed by atoms with Crippen molar-refractivity contribution in [3.05, 3.63) is 95.7 Å². The Kier molecular flexibility index (Phi) is 6.90. The number of hydrogen-bond acceptors (Lipinski definition) is 3. The average molecular weight is 455 g/mol. The number of furan rings is 1. The summed E-state index contributed by atoms with van der Waals surface area (Å²) in [4.78, 5) is 29.7. The number of hydrogen-bond donors (Lipinski definition) is 0. The highest BCUT2D eigenvalue weighted by Gasteiger charge is 2.37. The molecule has 1 unspecified atom stereocenters. The minimum atomic E-state index is -0.847. The summed E-state index contributed by atoms with van der Waals surface area (Å²) >= 11 is 6.48. The van der Waals surface area contributed by atoms with Gasteiger partial charge in [0.1, 0.15) is 23.5 Å². The fourth-order valence-corrected chi connectivity index (χ4v) is 3.83. The van der Waals surface area contributed by atoms with Gasteiger partial charge in [0, 0.05) is 12.6 Å². The molecule has 0 spiro atoms. The van der Waals surface area contributed by atoms with Gasteiger partial charge in [-0.2, -0.15) is 0 Å². The zero-order valence-electron chi connectivity index (χ0n) is 17.5. The van der Waals surface area contributed by atoms with Crippen molar-refractivity contribution < 1.29 is 18.4 Å². The summed E-state index contributed by atoms with van der Waals surface area (Å²) in [6, 6.07) is 18.7. The van der Waals surface area contributed by atoms with Crippen molar-refractivity contribution in [2.45, 2.75) is 37.4 Å². The number of halogens is 2. The second kappa shape index (κ2) is 10.0. The lowest BCUT2D eigenvalue weighted by molar-refractivity contribution is -0.141. The van der Waals surface area contributed by atoms with Crippen LogP contribution in [-0.4, -0.2) is 34.2 Å². The Morgan fingerprint density at radius 3 is 2.34 bits per heavy atom. The van der Waals surface area contributed by atoms with E-state index < -0.39 is 5.38 Å². The van der Waals surface area contributed by atoms with E-state index in [9.17, 15) is 14.0 Å². The van der Waals surface area contributed by atoms with Gasteiger partial charge in [-0.05, 0) is 48.2 Å². The van der Waals surface area contributed by atoms with Crippen molar-refractivity contribution in [3.8, 4) is 0 Å². The molecule has 1 saturated carbocycles. The van der Waals surface area contributed by atoms with Crippen molar-refractivity contribution in [1.82, 2.24) is 9.80 Å². The smallest absolute Gasteiger partial charge is 0.245 e. The van der Waals surface area contributed by atoms with Crippen LogP contribution in [0.4, 0.5) is 4.39 Å². The topological polar surface area (TPSA) is 53.8 Å². The van der Waals surface area contributed by atoms with Crippen LogP contribution >= 0.6 is 11.6 Å². The molecule has 1 aliphatic carbocycles. The summed E-state index contributed by atoms with van der Waals surface area (Å²) in [6.45, 7) is 0.454. The van der Waals surface area contributed by atoms with E-state index >= 15 is 0 Å². The van der Waals surface area contributed by atoms with E-state index in [1.165, 1.54) is 12.1 Å². The molecule has 0 bridgehead atoms. The molecule has 2 amide bonds. The molecule has 1 fully saturated rings. The third kappa shape index (κ3) is 5.56. The Bertz CT molecular complexity index is 1040. The molecule has 3 aromatic rings. The monoisotopic (exact) mass is 454 g/mol. The molecule has 5 nitrogen and oxygen atoms in total. The van der Waals surface area contributed by atoms with E-state index in [4.69, 9.17) is 16.0 Å². The quantitative estimate of drug-likeness (QED) is 0.431. The maximum Gasteiger partial charge on any atom is 0.245 e. The summed E-state index contributed by atoms with van der Waals surface area (Å²) in [7, 11) is 0. The Balaban J connectivity index is 1.50. The molecule has 1 aromatic heterocycles. The van der Waals surface area contributed by atoms with Crippen LogP contribution in [0.2, 0.25) is 0 Å². The molecule has 7 heteroatoms. The summed E-state index contributed by atoms with van der Waals surface area (Å²) in [5, 5.41) is -0.847. The third-order valence-corrected chi connectivity index (χ3v) is 5.89. The summed E-state index contributed by atoms with van der Waals surface area (Å²) < 4.78 is 18.7. The van der Waals surface area contributed by atoms with Gasteiger partial charge in [0.15, 0.2) is 0 Å². The van der Waals surface area contributed by atoms with Crippen LogP contribution in [0.1, 0.15) is 35.1 Å². The molecule has 1 atom stereocenters. The van der Waals surface area contributed by atoms with Gasteiger partial charge in [-0.25, -0.2) is 4.39 Å². The number of carbonyl (C=O) groups excluding carboxylic acids is 2. The maximum atomic E-state index is 13.3. The number of amides is 2. The van der Waals surface area contributed by atoms with E-state index in [2.05, 4.69) is 0 Å². The number of benzene rings is 2. The Morgan fingerprint density at radius 1 is 1.00 bits per heavy atom. The van der Waals surface area contributed by atoms with Crippen molar-refractivity contribution in [3.63, 3.8) is 0 Å². The van der Waals surface area contributed by atoms with Crippen LogP contribution < -0.4 is 0 Å². The lowest BCUT2D eigenvalue weighted by Crippen LogP contribution is -2.44. The minimum absolute atomic E-state index is 0.0210. The van der Waals surface area contributed by atoms with E-state index in [1.807, 2.05) is 18.2 Å². The van der Waals surface area contributed by atoms with Crippen molar-refractivity contribution in [1.29, 1.82) is 0 Å². The predicted molar refractivity (Wildman–Crippen MR) is 119 cm³/mol. The van der Waals surface area contributed by atoms with Crippen LogP contribution in [0.15, 0.2) is 77.4 Å². The molecule has 1 aliphatic rings. The van der Waals surface area contributed by atoms with E-state index in [0.29, 0.717) is 11.3 Å². The zero-order valence-corrected chi connectivity index (χ0v) is 18.2. The number of carbonyl (C=O) groups is 2. The number of alkyl halides is 1. The lowest BCUT2D eigenvalue weighted by atomic mass is 10.1. The maximum absolute atomic E-state index is 13.3. The Hall–Kier alpha value is -3.12. The molecule has 166 valence electrons. The van der Waals surface area contributed by atoms with Crippen LogP contribution in [0.25, 0.3) is 0 Å². The molecule has 4 rings (SSSR count). The average Bonchev–Trinajstić information content (AvgIpc) is 3.53. The van der Waals surface area contributed by atoms with Gasteiger partial charge >= 0.3 is 0 Å². The largest absolute Gasteiger partial charge is 0.467 e. The molecule has 0 saturated heterocycles. The minimum Gasteiger partial charge on any atom is -0.467 e. The van der Waals surface area contributed by atoms with Gasteiger partial charge in [-0.1, -0.05) is 42.5 Å². The fourth-order valence-electron chi connectivity index (χ4n) is 3.56. The van der Waals surface area contributed by atoms with Gasteiger partial charge in [0.05, 0.1) is 12.8 Å². The molecule has 1 heterocycles. The highest BCUT2D eigenvalue weighted by Crippen LogP contribution is 2.32. The van der Waals surface area contributed by atoms with Gasteiger partial charge < -0.3 is 14.2 Å². The highest BCUT2D eigenvalue weighted by molar-refractivity contribution is 6.30. The molecule has 0 N–H and O–H groups in total. The van der Waals surface area contributed by atoms with Crippen LogP contribution in [0, 0.1) is 5.82 Å². The normalized spacial score (nSPS) is 14.1. The first-order valence-corrected chi connectivity index (χ1v) is 11.0. The fraction of sp³-hybridized carbons (Fsp3) is 0.280. The molecule has 0 aliphatic heterocycles. The second-order valence-electron chi connectivity index (χ2n) is 7.93. The molecule has 32 heavy (non-hydrogen) atoms. The van der Waals surface area contributed by atoms with E-state index in [0.717, 1.165) is 18.4 Å². The van der Waals surface area contributed by atoms with E-state index in [1.54, 1.807) is 52.5 Å². The predicted octanol–water partition coefficient (Wildman–Crippen LogP) is 4.92. The number of rotatable bonds is 9. The van der Waals surface area contributed by atoms with Gasteiger partial charge in [-0.3, -0.25) is 9.59 Å². The SMILES string of the molecule is O=C(CN(C(=O)C(Cl)c1ccccc1)C1CC1)N(Cc1ccc(F)cc1)Cc1ccco1. The molecular weight excluding hydrogens is 431 g/mol. The first kappa shape index (κ1) is 22.1. The Labute approximate surface area is 191 Å². The summed E-state index contributed by atoms with van der Waals surface area (Å²) in [6.07, 6.45) is 3.26. The summed E-state index contributed by atoms with van der Waals surface area (Å²) in [5.41, 5.74) is 1.49. The van der Waals surface area contributed by atoms with Crippen LogP contribution in [0.5, 0.6) is 0 Å². The van der Waals surface area contributed by atoms with Crippen molar-refractivity contribution in [2.75, 3.05) is 6.54 Å².